The van der Waals surface area contributed by atoms with Crippen molar-refractivity contribution in [3.8, 4) is 5.75 Å². The normalized spacial score (nSPS) is 21.9. The molecule has 9 nitrogen and oxygen atoms in total. The fourth-order valence-electron chi connectivity index (χ4n) is 4.78. The van der Waals surface area contributed by atoms with E-state index in [1.165, 1.54) is 4.90 Å². The van der Waals surface area contributed by atoms with Crippen LogP contribution >= 0.6 is 0 Å². The lowest BCUT2D eigenvalue weighted by Crippen LogP contribution is -2.52. The van der Waals surface area contributed by atoms with E-state index in [9.17, 15) is 19.6 Å². The van der Waals surface area contributed by atoms with Crippen molar-refractivity contribution in [3.05, 3.63) is 64.7 Å². The van der Waals surface area contributed by atoms with E-state index in [1.807, 2.05) is 30.3 Å². The first-order valence-electron chi connectivity index (χ1n) is 11.6. The molecule has 0 saturated carbocycles. The summed E-state index contributed by atoms with van der Waals surface area (Å²) in [7, 11) is 0. The lowest BCUT2D eigenvalue weighted by Gasteiger charge is -2.33. The number of imide groups is 1. The maximum absolute atomic E-state index is 13.0. The number of piperidine rings is 1. The molecule has 178 valence electrons. The van der Waals surface area contributed by atoms with Gasteiger partial charge in [0.25, 0.3) is 5.91 Å². The zero-order chi connectivity index (χ0) is 23.7. The molecule has 0 spiro atoms. The quantitative estimate of drug-likeness (QED) is 0.497. The number of benzene rings is 2. The first-order valence-corrected chi connectivity index (χ1v) is 11.6. The number of carbonyl (C=O) groups excluding carboxylic acids is 3. The zero-order valence-electron chi connectivity index (χ0n) is 18.9. The van der Waals surface area contributed by atoms with E-state index in [2.05, 4.69) is 5.32 Å². The third-order valence-electron chi connectivity index (χ3n) is 6.74. The number of rotatable bonds is 6. The average molecular weight is 467 g/mol. The maximum Gasteiger partial charge on any atom is 0.255 e. The molecular weight excluding hydrogens is 438 g/mol. The molecule has 0 aliphatic carbocycles. The van der Waals surface area contributed by atoms with Gasteiger partial charge < -0.3 is 14.4 Å². The second kappa shape index (κ2) is 9.17. The van der Waals surface area contributed by atoms with E-state index in [0.29, 0.717) is 57.2 Å². The molecule has 3 aliphatic rings. The number of hydrogen-bond acceptors (Lipinski definition) is 6. The van der Waals surface area contributed by atoms with Crippen LogP contribution < -0.4 is 10.1 Å². The van der Waals surface area contributed by atoms with Crippen molar-refractivity contribution in [1.82, 2.24) is 10.2 Å². The van der Waals surface area contributed by atoms with Crippen molar-refractivity contribution < 1.29 is 33.7 Å². The van der Waals surface area contributed by atoms with Crippen LogP contribution in [0.25, 0.3) is 0 Å². The lowest BCUT2D eigenvalue weighted by molar-refractivity contribution is -1.12. The molecule has 3 aliphatic heterocycles. The Labute approximate surface area is 197 Å². The van der Waals surface area contributed by atoms with Crippen LogP contribution in [0.4, 0.5) is 0 Å². The van der Waals surface area contributed by atoms with Crippen LogP contribution in [0, 0.1) is 0 Å². The average Bonchev–Trinajstić information content (AvgIpc) is 3.16. The molecule has 2 N–H and O–H groups in total. The zero-order valence-corrected chi connectivity index (χ0v) is 18.9. The largest absolute Gasteiger partial charge is 0.489 e. The minimum absolute atomic E-state index is 0.0102. The van der Waals surface area contributed by atoms with Crippen LogP contribution in [0.3, 0.4) is 0 Å². The van der Waals surface area contributed by atoms with Crippen molar-refractivity contribution in [2.24, 2.45) is 0 Å². The van der Waals surface area contributed by atoms with E-state index in [1.54, 1.807) is 12.1 Å². The molecule has 0 bridgehead atoms. The Hall–Kier alpha value is -3.27. The first-order chi connectivity index (χ1) is 16.4. The summed E-state index contributed by atoms with van der Waals surface area (Å²) in [6, 6.07) is 12.6. The highest BCUT2D eigenvalue weighted by Crippen LogP contribution is 2.34. The molecule has 1 unspecified atom stereocenters. The van der Waals surface area contributed by atoms with E-state index < -0.39 is 11.9 Å². The minimum atomic E-state index is -0.651. The third kappa shape index (κ3) is 4.54. The molecule has 3 heterocycles. The third-order valence-corrected chi connectivity index (χ3v) is 6.74. The van der Waals surface area contributed by atoms with Gasteiger partial charge in [0.2, 0.25) is 11.8 Å². The van der Waals surface area contributed by atoms with Crippen LogP contribution in [0.15, 0.2) is 42.5 Å². The number of hydrogen-bond donors (Lipinski definition) is 2. The van der Waals surface area contributed by atoms with Crippen LogP contribution in [0.2, 0.25) is 0 Å². The van der Waals surface area contributed by atoms with E-state index in [-0.39, 0.29) is 29.4 Å². The standard InChI is InChI=1S/C25H27N3O6/c29-23-9-8-21(24(30)26-23)27-14-20-19(25(27)31)2-1-3-22(20)34-16-18-6-4-17(5-7-18)15-28(32)10-12-33-13-11-28/h1-7,21,32H,8-16H2/p+1. The number of nitrogens with one attached hydrogen (secondary N) is 1. The molecule has 1 atom stereocenters. The van der Waals surface area contributed by atoms with Crippen LogP contribution in [0.5, 0.6) is 5.75 Å². The SMILES string of the molecule is O=C1CCC(N2Cc3c(OCc4ccc(C[N+]5(O)CCOCC5)cc4)cccc3C2=O)C(=O)N1. The molecule has 2 saturated heterocycles. The molecule has 2 aromatic carbocycles. The van der Waals surface area contributed by atoms with Gasteiger partial charge in [-0.3, -0.25) is 19.7 Å². The predicted molar refractivity (Wildman–Crippen MR) is 120 cm³/mol. The molecular formula is C25H28N3O6+. The summed E-state index contributed by atoms with van der Waals surface area (Å²) in [4.78, 5) is 38.2. The summed E-state index contributed by atoms with van der Waals surface area (Å²) in [6.07, 6.45) is 0.549. The van der Waals surface area contributed by atoms with Crippen LogP contribution in [-0.4, -0.2) is 64.8 Å². The highest BCUT2D eigenvalue weighted by Gasteiger charge is 2.40. The number of quaternary nitrogens is 1. The number of nitrogens with zero attached hydrogens (tertiary/aromatic N) is 2. The highest BCUT2D eigenvalue weighted by atomic mass is 16.6. The fraction of sp³-hybridized carbons (Fsp3) is 0.400. The topological polar surface area (TPSA) is 105 Å². The molecule has 0 aromatic heterocycles. The smallest absolute Gasteiger partial charge is 0.255 e. The Morgan fingerprint density at radius 3 is 2.53 bits per heavy atom. The first kappa shape index (κ1) is 22.5. The Morgan fingerprint density at radius 2 is 1.79 bits per heavy atom. The molecule has 9 heteroatoms. The number of ether oxygens (including phenoxy) is 2. The molecule has 0 radical (unpaired) electrons. The summed E-state index contributed by atoms with van der Waals surface area (Å²) in [6.45, 7) is 3.43. The van der Waals surface area contributed by atoms with Crippen LogP contribution in [0.1, 0.15) is 39.9 Å². The van der Waals surface area contributed by atoms with Gasteiger partial charge in [-0.05, 0) is 24.1 Å². The summed E-state index contributed by atoms with van der Waals surface area (Å²) in [5.74, 6) is -0.341. The Balaban J connectivity index is 1.24. The van der Waals surface area contributed by atoms with E-state index in [4.69, 9.17) is 9.47 Å². The molecule has 3 amide bonds. The monoisotopic (exact) mass is 466 g/mol. The number of hydroxylamine groups is 3. The Morgan fingerprint density at radius 1 is 1.06 bits per heavy atom. The van der Waals surface area contributed by atoms with Gasteiger partial charge in [-0.15, -0.1) is 0 Å². The minimum Gasteiger partial charge on any atom is -0.489 e. The van der Waals surface area contributed by atoms with Gasteiger partial charge in [-0.25, -0.2) is 5.21 Å². The van der Waals surface area contributed by atoms with Crippen molar-refractivity contribution in [2.75, 3.05) is 26.3 Å². The van der Waals surface area contributed by atoms with Gasteiger partial charge in [0.15, 0.2) is 0 Å². The Bertz CT molecular complexity index is 1110. The lowest BCUT2D eigenvalue weighted by atomic mass is 10.0. The number of fused-ring (bicyclic) bond motifs is 1. The summed E-state index contributed by atoms with van der Waals surface area (Å²) >= 11 is 0. The summed E-state index contributed by atoms with van der Waals surface area (Å²) in [5, 5.41) is 13.0. The van der Waals surface area contributed by atoms with Gasteiger partial charge in [-0.2, -0.15) is 4.65 Å². The number of amides is 3. The van der Waals surface area contributed by atoms with Crippen LogP contribution in [-0.2, 0) is 34.0 Å². The molecule has 34 heavy (non-hydrogen) atoms. The molecule has 2 aromatic rings. The second-order valence-electron chi connectivity index (χ2n) is 9.10. The van der Waals surface area contributed by atoms with Crippen molar-refractivity contribution >= 4 is 17.7 Å². The summed E-state index contributed by atoms with van der Waals surface area (Å²) in [5.41, 5.74) is 3.30. The summed E-state index contributed by atoms with van der Waals surface area (Å²) < 4.78 is 11.4. The Kier molecular flexibility index (Phi) is 6.07. The van der Waals surface area contributed by atoms with Gasteiger partial charge in [0.1, 0.15) is 38.0 Å². The molecule has 2 fully saturated rings. The molecule has 5 rings (SSSR count). The van der Waals surface area contributed by atoms with Crippen molar-refractivity contribution in [1.29, 1.82) is 0 Å². The number of morpholine rings is 1. The fourth-order valence-corrected chi connectivity index (χ4v) is 4.78. The van der Waals surface area contributed by atoms with E-state index in [0.717, 1.165) is 16.7 Å². The highest BCUT2D eigenvalue weighted by molar-refractivity contribution is 6.05. The van der Waals surface area contributed by atoms with E-state index >= 15 is 0 Å². The predicted octanol–water partition coefficient (Wildman–Crippen LogP) is 1.76. The van der Waals surface area contributed by atoms with Crippen molar-refractivity contribution in [3.63, 3.8) is 0 Å². The van der Waals surface area contributed by atoms with Crippen molar-refractivity contribution in [2.45, 2.75) is 38.6 Å². The van der Waals surface area contributed by atoms with Gasteiger partial charge in [0, 0.05) is 23.1 Å². The van der Waals surface area contributed by atoms with Gasteiger partial charge >= 0.3 is 0 Å². The maximum atomic E-state index is 13.0. The van der Waals surface area contributed by atoms with Gasteiger partial charge in [0.05, 0.1) is 19.8 Å². The second-order valence-corrected chi connectivity index (χ2v) is 9.10. The number of carbonyl (C=O) groups is 3. The van der Waals surface area contributed by atoms with Gasteiger partial charge in [-0.1, -0.05) is 30.3 Å².